The Kier molecular flexibility index (Phi) is 6.13. The van der Waals surface area contributed by atoms with Gasteiger partial charge >= 0.3 is 0 Å². The van der Waals surface area contributed by atoms with Crippen molar-refractivity contribution >= 4 is 29.9 Å². The van der Waals surface area contributed by atoms with Gasteiger partial charge in [-0.05, 0) is 43.2 Å². The topological polar surface area (TPSA) is 125 Å². The number of carbonyl (C=O) groups excluding carboxylic acids is 2. The first kappa shape index (κ1) is 18.9. The summed E-state index contributed by atoms with van der Waals surface area (Å²) in [4.78, 5) is 23.2. The summed E-state index contributed by atoms with van der Waals surface area (Å²) in [7, 11) is 0. The van der Waals surface area contributed by atoms with E-state index in [4.69, 9.17) is 16.2 Å². The van der Waals surface area contributed by atoms with Crippen LogP contribution in [-0.4, -0.2) is 40.3 Å². The molecule has 2 heterocycles. The van der Waals surface area contributed by atoms with Gasteiger partial charge < -0.3 is 21.5 Å². The number of aromatic nitrogens is 2. The summed E-state index contributed by atoms with van der Waals surface area (Å²) in [5, 5.41) is 6.90. The first-order valence-electron chi connectivity index (χ1n) is 7.69. The molecule has 25 heavy (non-hydrogen) atoms. The van der Waals surface area contributed by atoms with Gasteiger partial charge in [0.25, 0.3) is 11.8 Å². The van der Waals surface area contributed by atoms with Crippen LogP contribution in [0.15, 0.2) is 36.5 Å². The lowest BCUT2D eigenvalue weighted by atomic mass is 10.2. The minimum atomic E-state index is -0.579. The van der Waals surface area contributed by atoms with Crippen molar-refractivity contribution < 1.29 is 14.3 Å². The maximum Gasteiger partial charge on any atom is 0.269 e. The van der Waals surface area contributed by atoms with Crippen molar-refractivity contribution in [1.82, 2.24) is 9.78 Å². The van der Waals surface area contributed by atoms with Crippen LogP contribution in [0.3, 0.4) is 0 Å². The third-order valence-electron chi connectivity index (χ3n) is 3.90. The summed E-state index contributed by atoms with van der Waals surface area (Å²) in [6.45, 7) is 0.426. The third kappa shape index (κ3) is 4.36. The van der Waals surface area contributed by atoms with E-state index in [0.29, 0.717) is 18.7 Å². The normalized spacial score (nSPS) is 19.2. The van der Waals surface area contributed by atoms with E-state index in [1.807, 2.05) is 0 Å². The summed E-state index contributed by atoms with van der Waals surface area (Å²) in [5.41, 5.74) is 12.3. The molecule has 3 rings (SSSR count). The van der Waals surface area contributed by atoms with E-state index >= 15 is 0 Å². The molecule has 1 aromatic carbocycles. The molecule has 5 N–H and O–H groups in total. The Hall–Kier alpha value is -2.42. The van der Waals surface area contributed by atoms with Crippen molar-refractivity contribution in [3.63, 3.8) is 0 Å². The van der Waals surface area contributed by atoms with Crippen LogP contribution in [0, 0.1) is 0 Å². The highest BCUT2D eigenvalue weighted by atomic mass is 35.5. The molecule has 0 radical (unpaired) electrons. The minimum absolute atomic E-state index is 0. The zero-order chi connectivity index (χ0) is 17.1. The summed E-state index contributed by atoms with van der Waals surface area (Å²) in [6.07, 6.45) is 2.63. The standard InChI is InChI=1S/C16H19N5O3.ClH/c17-9-12-5-6-14(24-12)16(23)19-10-1-3-11(4-2-10)21-8-7-13(20-21)15(18)22;/h1-4,7-8,12,14H,5-6,9,17H2,(H2,18,22)(H,19,23);1H/t12-,14+;/m1./s1. The number of nitrogens with two attached hydrogens (primary N) is 2. The van der Waals surface area contributed by atoms with E-state index in [-0.39, 0.29) is 30.1 Å². The van der Waals surface area contributed by atoms with Gasteiger partial charge in [0.1, 0.15) is 11.8 Å². The Morgan fingerprint density at radius 3 is 2.52 bits per heavy atom. The van der Waals surface area contributed by atoms with Crippen LogP contribution in [-0.2, 0) is 9.53 Å². The first-order valence-corrected chi connectivity index (χ1v) is 7.69. The number of hydrogen-bond donors (Lipinski definition) is 3. The van der Waals surface area contributed by atoms with Crippen molar-refractivity contribution in [1.29, 1.82) is 0 Å². The van der Waals surface area contributed by atoms with Crippen LogP contribution in [0.5, 0.6) is 0 Å². The highest BCUT2D eigenvalue weighted by Crippen LogP contribution is 2.21. The van der Waals surface area contributed by atoms with Crippen LogP contribution >= 0.6 is 12.4 Å². The van der Waals surface area contributed by atoms with Gasteiger partial charge in [-0.25, -0.2) is 4.68 Å². The van der Waals surface area contributed by atoms with Gasteiger partial charge in [-0.2, -0.15) is 5.10 Å². The van der Waals surface area contributed by atoms with E-state index < -0.39 is 12.0 Å². The average molecular weight is 366 g/mol. The van der Waals surface area contributed by atoms with E-state index in [9.17, 15) is 9.59 Å². The molecule has 0 bridgehead atoms. The van der Waals surface area contributed by atoms with Gasteiger partial charge in [-0.15, -0.1) is 12.4 Å². The third-order valence-corrected chi connectivity index (χ3v) is 3.90. The number of carbonyl (C=O) groups is 2. The molecule has 1 fully saturated rings. The van der Waals surface area contributed by atoms with E-state index in [2.05, 4.69) is 10.4 Å². The molecule has 0 saturated carbocycles. The second-order valence-electron chi connectivity index (χ2n) is 5.61. The number of hydrogen-bond acceptors (Lipinski definition) is 5. The molecule has 1 saturated heterocycles. The maximum absolute atomic E-state index is 12.2. The minimum Gasteiger partial charge on any atom is -0.364 e. The molecule has 2 aromatic rings. The number of primary amides is 1. The molecule has 2 amide bonds. The van der Waals surface area contributed by atoms with Crippen molar-refractivity contribution in [2.45, 2.75) is 25.0 Å². The molecule has 8 nitrogen and oxygen atoms in total. The first-order chi connectivity index (χ1) is 11.6. The summed E-state index contributed by atoms with van der Waals surface area (Å²) in [5.74, 6) is -0.751. The van der Waals surface area contributed by atoms with Crippen LogP contribution in [0.1, 0.15) is 23.3 Å². The van der Waals surface area contributed by atoms with Crippen LogP contribution < -0.4 is 16.8 Å². The fraction of sp³-hybridized carbons (Fsp3) is 0.312. The molecule has 1 aliphatic rings. The van der Waals surface area contributed by atoms with E-state index in [1.54, 1.807) is 36.5 Å². The van der Waals surface area contributed by atoms with Gasteiger partial charge in [-0.1, -0.05) is 0 Å². The van der Waals surface area contributed by atoms with E-state index in [0.717, 1.165) is 12.1 Å². The molecule has 0 spiro atoms. The lowest BCUT2D eigenvalue weighted by Crippen LogP contribution is -2.29. The van der Waals surface area contributed by atoms with Crippen molar-refractivity contribution in [2.75, 3.05) is 11.9 Å². The van der Waals surface area contributed by atoms with Crippen LogP contribution in [0.4, 0.5) is 5.69 Å². The van der Waals surface area contributed by atoms with Gasteiger partial charge in [0.15, 0.2) is 0 Å². The number of amides is 2. The Labute approximate surface area is 150 Å². The van der Waals surface area contributed by atoms with Gasteiger partial charge in [0.2, 0.25) is 0 Å². The maximum atomic E-state index is 12.2. The quantitative estimate of drug-likeness (QED) is 0.723. The Morgan fingerprint density at radius 1 is 1.24 bits per heavy atom. The van der Waals surface area contributed by atoms with Gasteiger partial charge in [0.05, 0.1) is 11.8 Å². The molecule has 2 atom stereocenters. The number of ether oxygens (including phenoxy) is 1. The molecule has 1 aromatic heterocycles. The largest absolute Gasteiger partial charge is 0.364 e. The summed E-state index contributed by atoms with van der Waals surface area (Å²) < 4.78 is 7.11. The fourth-order valence-corrected chi connectivity index (χ4v) is 2.59. The molecule has 134 valence electrons. The number of nitrogens with zero attached hydrogens (tertiary/aromatic N) is 2. The fourth-order valence-electron chi connectivity index (χ4n) is 2.59. The number of rotatable bonds is 5. The second-order valence-corrected chi connectivity index (χ2v) is 5.61. The number of benzene rings is 1. The highest BCUT2D eigenvalue weighted by Gasteiger charge is 2.29. The van der Waals surface area contributed by atoms with Gasteiger partial charge in [-0.3, -0.25) is 9.59 Å². The summed E-state index contributed by atoms with van der Waals surface area (Å²) in [6, 6.07) is 8.63. The van der Waals surface area contributed by atoms with Crippen molar-refractivity contribution in [3.05, 3.63) is 42.2 Å². The number of nitrogens with one attached hydrogen (secondary N) is 1. The molecule has 9 heteroatoms. The van der Waals surface area contributed by atoms with Crippen molar-refractivity contribution in [2.24, 2.45) is 11.5 Å². The molecule has 1 aliphatic heterocycles. The molecule has 0 unspecified atom stereocenters. The SMILES string of the molecule is Cl.NC[C@H]1CC[C@@H](C(=O)Nc2ccc(-n3ccc(C(N)=O)n3)cc2)O1. The van der Waals surface area contributed by atoms with Crippen molar-refractivity contribution in [3.8, 4) is 5.69 Å². The molecular weight excluding hydrogens is 346 g/mol. The lowest BCUT2D eigenvalue weighted by molar-refractivity contribution is -0.126. The van der Waals surface area contributed by atoms with Crippen LogP contribution in [0.2, 0.25) is 0 Å². The lowest BCUT2D eigenvalue weighted by Gasteiger charge is -2.13. The van der Waals surface area contributed by atoms with E-state index in [1.165, 1.54) is 4.68 Å². The Morgan fingerprint density at radius 2 is 1.96 bits per heavy atom. The zero-order valence-electron chi connectivity index (χ0n) is 13.4. The Balaban J connectivity index is 0.00000225. The average Bonchev–Trinajstić information content (AvgIpc) is 3.25. The number of anilines is 1. The predicted molar refractivity (Wildman–Crippen MR) is 94.9 cm³/mol. The zero-order valence-corrected chi connectivity index (χ0v) is 14.2. The monoisotopic (exact) mass is 365 g/mol. The molecular formula is C16H20ClN5O3. The van der Waals surface area contributed by atoms with Gasteiger partial charge in [0, 0.05) is 18.4 Å². The highest BCUT2D eigenvalue weighted by molar-refractivity contribution is 5.94. The second kappa shape index (κ2) is 8.11. The summed E-state index contributed by atoms with van der Waals surface area (Å²) >= 11 is 0. The Bertz CT molecular complexity index is 746. The number of halogens is 1. The molecule has 0 aliphatic carbocycles. The van der Waals surface area contributed by atoms with Crippen LogP contribution in [0.25, 0.3) is 5.69 Å². The smallest absolute Gasteiger partial charge is 0.269 e. The predicted octanol–water partition coefficient (Wildman–Crippen LogP) is 0.838.